The van der Waals surface area contributed by atoms with E-state index in [1.807, 2.05) is 72.8 Å². The van der Waals surface area contributed by atoms with Gasteiger partial charge in [0, 0.05) is 26.4 Å². The van der Waals surface area contributed by atoms with Gasteiger partial charge >= 0.3 is 0 Å². The van der Waals surface area contributed by atoms with Crippen LogP contribution in [0.25, 0.3) is 43.0 Å². The Morgan fingerprint density at radius 1 is 0.689 bits per heavy atom. The Morgan fingerprint density at radius 2 is 1.29 bits per heavy atom. The van der Waals surface area contributed by atoms with Gasteiger partial charge in [0.1, 0.15) is 22.6 Å². The van der Waals surface area contributed by atoms with Gasteiger partial charge in [-0.25, -0.2) is 4.39 Å². The van der Waals surface area contributed by atoms with Gasteiger partial charge in [0.2, 0.25) is 0 Å². The molecule has 45 heavy (non-hydrogen) atoms. The first-order valence-corrected chi connectivity index (χ1v) is 16.8. The van der Waals surface area contributed by atoms with Crippen LogP contribution in [0.1, 0.15) is 39.7 Å². The smallest absolute Gasteiger partial charge is 0.132 e. The summed E-state index contributed by atoms with van der Waals surface area (Å²) in [5.41, 5.74) is 7.92. The molecule has 0 radical (unpaired) electrons. The van der Waals surface area contributed by atoms with Gasteiger partial charge < -0.3 is 4.74 Å². The molecule has 0 aliphatic rings. The molecule has 2 aromatic heterocycles. The van der Waals surface area contributed by atoms with Crippen LogP contribution in [0, 0.1) is 17.7 Å². The molecule has 0 aliphatic carbocycles. The van der Waals surface area contributed by atoms with Crippen LogP contribution in [-0.4, -0.2) is 15.4 Å². The summed E-state index contributed by atoms with van der Waals surface area (Å²) in [5.74, 6) is 1.73. The zero-order valence-corrected chi connectivity index (χ0v) is 27.5. The third-order valence-corrected chi connectivity index (χ3v) is 9.16. The fourth-order valence-electron chi connectivity index (χ4n) is 4.99. The second kappa shape index (κ2) is 13.8. The molecule has 0 saturated carbocycles. The highest BCUT2D eigenvalue weighted by molar-refractivity contribution is 7.19. The van der Waals surface area contributed by atoms with E-state index in [0.717, 1.165) is 73.0 Å². The minimum absolute atomic E-state index is 0.173. The molecule has 2 heterocycles. The Morgan fingerprint density at radius 3 is 1.93 bits per heavy atom. The average molecular weight is 635 g/mol. The standard InChI is InChI=1S/C37H35FN4OS2/c1-23(2)5-6-25-7-16-31(33(38)21-25)34-19-20-35(44-34)32-18-17-30(36-37(32)42-45-41-36)26-8-10-27(11-9-26)39-40-28-12-14-29(15-13-28)43-22-24(3)4/h7-21,23-24H,5-6,22H2,1-4H3/b40-39+. The van der Waals surface area contributed by atoms with Crippen molar-refractivity contribution < 1.29 is 9.13 Å². The fourth-order valence-corrected chi connectivity index (χ4v) is 6.62. The topological polar surface area (TPSA) is 59.7 Å². The number of benzene rings is 4. The highest BCUT2D eigenvalue weighted by Gasteiger charge is 2.16. The number of fused-ring (bicyclic) bond motifs is 1. The molecule has 0 N–H and O–H groups in total. The van der Waals surface area contributed by atoms with Crippen molar-refractivity contribution in [2.24, 2.45) is 22.1 Å². The number of halogens is 1. The monoisotopic (exact) mass is 634 g/mol. The Kier molecular flexibility index (Phi) is 9.42. The number of hydrogen-bond acceptors (Lipinski definition) is 7. The predicted molar refractivity (Wildman–Crippen MR) is 186 cm³/mol. The van der Waals surface area contributed by atoms with Crippen molar-refractivity contribution in [3.05, 3.63) is 102 Å². The lowest BCUT2D eigenvalue weighted by molar-refractivity contribution is 0.271. The molecule has 0 bridgehead atoms. The molecule has 8 heteroatoms. The van der Waals surface area contributed by atoms with Crippen LogP contribution in [0.15, 0.2) is 101 Å². The molecule has 6 aromatic rings. The van der Waals surface area contributed by atoms with Gasteiger partial charge in [0.25, 0.3) is 0 Å². The van der Waals surface area contributed by atoms with Gasteiger partial charge in [-0.3, -0.25) is 0 Å². The second-order valence-corrected chi connectivity index (χ2v) is 13.6. The molecule has 0 fully saturated rings. The van der Waals surface area contributed by atoms with E-state index in [1.165, 1.54) is 11.7 Å². The number of hydrogen-bond donors (Lipinski definition) is 0. The molecule has 0 atom stereocenters. The van der Waals surface area contributed by atoms with Crippen molar-refractivity contribution in [1.82, 2.24) is 8.75 Å². The SMILES string of the molecule is CC(C)CCc1ccc(-c2ccc(-c3ccc(-c4ccc(/N=N/c5ccc(OCC(C)C)cc5)cc4)c4nsnc34)s2)c(F)c1. The number of rotatable bonds is 11. The first kappa shape index (κ1) is 30.7. The molecule has 0 saturated heterocycles. The van der Waals surface area contributed by atoms with Crippen LogP contribution in [-0.2, 0) is 6.42 Å². The Hall–Kier alpha value is -4.27. The summed E-state index contributed by atoms with van der Waals surface area (Å²) in [6.07, 6.45) is 1.94. The third kappa shape index (κ3) is 7.35. The fraction of sp³-hybridized carbons (Fsp3) is 0.243. The number of azo groups is 1. The quantitative estimate of drug-likeness (QED) is 0.133. The van der Waals surface area contributed by atoms with E-state index in [-0.39, 0.29) is 5.82 Å². The predicted octanol–water partition coefficient (Wildman–Crippen LogP) is 11.9. The van der Waals surface area contributed by atoms with Gasteiger partial charge in [-0.2, -0.15) is 19.0 Å². The lowest BCUT2D eigenvalue weighted by Crippen LogP contribution is -2.03. The summed E-state index contributed by atoms with van der Waals surface area (Å²) in [4.78, 5) is 1.94. The van der Waals surface area contributed by atoms with Crippen molar-refractivity contribution in [3.63, 3.8) is 0 Å². The minimum atomic E-state index is -0.173. The Bertz CT molecular complexity index is 1930. The minimum Gasteiger partial charge on any atom is -0.493 e. The van der Waals surface area contributed by atoms with Gasteiger partial charge in [-0.15, -0.1) is 11.3 Å². The molecule has 0 unspecified atom stereocenters. The summed E-state index contributed by atoms with van der Waals surface area (Å²) in [6, 6.07) is 29.4. The molecule has 228 valence electrons. The summed E-state index contributed by atoms with van der Waals surface area (Å²) in [6.45, 7) is 9.31. The number of aromatic nitrogens is 2. The summed E-state index contributed by atoms with van der Waals surface area (Å²) >= 11 is 2.77. The Balaban J connectivity index is 1.18. The van der Waals surface area contributed by atoms with Crippen molar-refractivity contribution >= 4 is 45.5 Å². The molecular formula is C37H35FN4OS2. The van der Waals surface area contributed by atoms with Gasteiger partial charge in [-0.1, -0.05) is 64.1 Å². The molecular weight excluding hydrogens is 600 g/mol. The highest BCUT2D eigenvalue weighted by atomic mass is 32.1. The van der Waals surface area contributed by atoms with Gasteiger partial charge in [-0.05, 0) is 90.4 Å². The molecule has 0 aliphatic heterocycles. The van der Waals surface area contributed by atoms with Gasteiger partial charge in [0.15, 0.2) is 0 Å². The van der Waals surface area contributed by atoms with Crippen LogP contribution >= 0.6 is 23.1 Å². The van der Waals surface area contributed by atoms with E-state index in [1.54, 1.807) is 17.4 Å². The van der Waals surface area contributed by atoms with E-state index in [9.17, 15) is 0 Å². The summed E-state index contributed by atoms with van der Waals surface area (Å²) in [7, 11) is 0. The molecule has 0 spiro atoms. The normalized spacial score (nSPS) is 11.8. The third-order valence-electron chi connectivity index (χ3n) is 7.48. The van der Waals surface area contributed by atoms with Crippen LogP contribution in [0.3, 0.4) is 0 Å². The van der Waals surface area contributed by atoms with E-state index in [2.05, 4.69) is 58.8 Å². The average Bonchev–Trinajstić information content (AvgIpc) is 3.73. The van der Waals surface area contributed by atoms with Crippen molar-refractivity contribution in [1.29, 1.82) is 0 Å². The highest BCUT2D eigenvalue weighted by Crippen LogP contribution is 2.41. The number of aryl methyl sites for hydroxylation is 1. The zero-order chi connectivity index (χ0) is 31.3. The number of ether oxygens (including phenoxy) is 1. The van der Waals surface area contributed by atoms with Crippen LogP contribution in [0.4, 0.5) is 15.8 Å². The lowest BCUT2D eigenvalue weighted by Gasteiger charge is -2.08. The maximum Gasteiger partial charge on any atom is 0.132 e. The molecule has 0 amide bonds. The summed E-state index contributed by atoms with van der Waals surface area (Å²) < 4.78 is 30.2. The molecule has 4 aromatic carbocycles. The zero-order valence-electron chi connectivity index (χ0n) is 25.8. The van der Waals surface area contributed by atoms with Crippen molar-refractivity contribution in [2.45, 2.75) is 40.5 Å². The van der Waals surface area contributed by atoms with E-state index in [4.69, 9.17) is 4.74 Å². The molecule has 5 nitrogen and oxygen atoms in total. The maximum absolute atomic E-state index is 15.1. The van der Waals surface area contributed by atoms with Crippen LogP contribution in [0.5, 0.6) is 5.75 Å². The van der Waals surface area contributed by atoms with Crippen molar-refractivity contribution in [2.75, 3.05) is 6.61 Å². The van der Waals surface area contributed by atoms with Crippen molar-refractivity contribution in [3.8, 4) is 37.8 Å². The van der Waals surface area contributed by atoms with Crippen LogP contribution < -0.4 is 4.74 Å². The largest absolute Gasteiger partial charge is 0.493 e. The number of thiophene rings is 1. The van der Waals surface area contributed by atoms with Crippen LogP contribution in [0.2, 0.25) is 0 Å². The summed E-state index contributed by atoms with van der Waals surface area (Å²) in [5, 5.41) is 8.78. The van der Waals surface area contributed by atoms with E-state index >= 15 is 4.39 Å². The second-order valence-electron chi connectivity index (χ2n) is 12.0. The first-order chi connectivity index (χ1) is 21.8. The lowest BCUT2D eigenvalue weighted by atomic mass is 10.0. The Labute approximate surface area is 271 Å². The van der Waals surface area contributed by atoms with Gasteiger partial charge in [0.05, 0.1) is 29.7 Å². The van der Waals surface area contributed by atoms with E-state index < -0.39 is 0 Å². The van der Waals surface area contributed by atoms with E-state index in [0.29, 0.717) is 24.0 Å². The first-order valence-electron chi connectivity index (χ1n) is 15.2. The molecule has 6 rings (SSSR count). The maximum atomic E-state index is 15.1. The number of nitrogens with zero attached hydrogens (tertiary/aromatic N) is 4.